The van der Waals surface area contributed by atoms with E-state index >= 15 is 0 Å². The van der Waals surface area contributed by atoms with E-state index in [4.69, 9.17) is 5.11 Å². The number of hydrogen-bond donors (Lipinski definition) is 1. The first kappa shape index (κ1) is 11.2. The van der Waals surface area contributed by atoms with Gasteiger partial charge in [-0.15, -0.1) is 0 Å². The number of hydrogen-bond acceptors (Lipinski definition) is 4. The number of nitrogens with zero attached hydrogens (tertiary/aromatic N) is 1. The van der Waals surface area contributed by atoms with Crippen LogP contribution < -0.4 is 0 Å². The number of carbonyl (C=O) groups excluding carboxylic acids is 2. The third-order valence-corrected chi connectivity index (χ3v) is 3.25. The molecular weight excluding hydrogens is 226 g/mol. The van der Waals surface area contributed by atoms with Crippen LogP contribution in [-0.2, 0) is 17.9 Å². The largest absolute Gasteiger partial charge is 0.392 e. The Balaban J connectivity index is 2.08. The fourth-order valence-electron chi connectivity index (χ4n) is 1.47. The Kier molecular flexibility index (Phi) is 3.26. The Morgan fingerprint density at radius 2 is 1.81 bits per heavy atom. The van der Waals surface area contributed by atoms with Crippen molar-refractivity contribution < 1.29 is 14.7 Å². The molecule has 1 aliphatic rings. The summed E-state index contributed by atoms with van der Waals surface area (Å²) >= 11 is 1.04. The van der Waals surface area contributed by atoms with Crippen molar-refractivity contribution in [2.24, 2.45) is 0 Å². The topological polar surface area (TPSA) is 57.6 Å². The van der Waals surface area contributed by atoms with E-state index in [9.17, 15) is 9.59 Å². The molecule has 1 saturated heterocycles. The van der Waals surface area contributed by atoms with Gasteiger partial charge in [0.1, 0.15) is 0 Å². The third kappa shape index (κ3) is 2.25. The molecule has 0 aliphatic carbocycles. The number of benzene rings is 1. The van der Waals surface area contributed by atoms with Crippen molar-refractivity contribution in [3.63, 3.8) is 0 Å². The minimum Gasteiger partial charge on any atom is -0.392 e. The number of amides is 2. The zero-order valence-corrected chi connectivity index (χ0v) is 9.37. The zero-order chi connectivity index (χ0) is 11.5. The maximum Gasteiger partial charge on any atom is 0.289 e. The van der Waals surface area contributed by atoms with Crippen LogP contribution in [0, 0.1) is 0 Å². The standard InChI is InChI=1S/C11H11NO3S/c13-6-9-3-1-8(2-4-9)5-12-10(14)7-16-11(12)15/h1-4,13H,5-7H2. The van der Waals surface area contributed by atoms with Crippen LogP contribution in [0.4, 0.5) is 4.79 Å². The number of imide groups is 1. The normalized spacial score (nSPS) is 15.9. The molecule has 1 heterocycles. The van der Waals surface area contributed by atoms with Gasteiger partial charge in [0, 0.05) is 0 Å². The lowest BCUT2D eigenvalue weighted by atomic mass is 10.1. The van der Waals surface area contributed by atoms with Crippen molar-refractivity contribution >= 4 is 22.9 Å². The molecule has 2 rings (SSSR count). The van der Waals surface area contributed by atoms with Gasteiger partial charge in [-0.05, 0) is 11.1 Å². The summed E-state index contributed by atoms with van der Waals surface area (Å²) in [6.45, 7) is 0.314. The zero-order valence-electron chi connectivity index (χ0n) is 8.55. The van der Waals surface area contributed by atoms with Gasteiger partial charge in [-0.1, -0.05) is 36.0 Å². The SMILES string of the molecule is O=C1CSC(=O)N1Cc1ccc(CO)cc1. The molecule has 16 heavy (non-hydrogen) atoms. The molecule has 4 nitrogen and oxygen atoms in total. The van der Waals surface area contributed by atoms with Crippen LogP contribution in [0.5, 0.6) is 0 Å². The molecule has 0 unspecified atom stereocenters. The van der Waals surface area contributed by atoms with Gasteiger partial charge in [0.25, 0.3) is 5.24 Å². The van der Waals surface area contributed by atoms with Gasteiger partial charge in [0.15, 0.2) is 0 Å². The highest BCUT2D eigenvalue weighted by Gasteiger charge is 2.29. The van der Waals surface area contributed by atoms with Gasteiger partial charge in [-0.25, -0.2) is 0 Å². The molecule has 1 aromatic rings. The lowest BCUT2D eigenvalue weighted by molar-refractivity contribution is -0.125. The molecule has 1 fully saturated rings. The predicted molar refractivity (Wildman–Crippen MR) is 60.8 cm³/mol. The van der Waals surface area contributed by atoms with Crippen molar-refractivity contribution in [2.75, 3.05) is 5.75 Å². The average Bonchev–Trinajstić information content (AvgIpc) is 2.62. The second-order valence-electron chi connectivity index (χ2n) is 3.51. The van der Waals surface area contributed by atoms with E-state index in [-0.39, 0.29) is 23.5 Å². The number of aliphatic hydroxyl groups excluding tert-OH is 1. The van der Waals surface area contributed by atoms with Crippen molar-refractivity contribution in [2.45, 2.75) is 13.2 Å². The molecule has 84 valence electrons. The summed E-state index contributed by atoms with van der Waals surface area (Å²) in [6.07, 6.45) is 0. The van der Waals surface area contributed by atoms with E-state index in [0.717, 1.165) is 22.9 Å². The Morgan fingerprint density at radius 1 is 1.19 bits per heavy atom. The number of aliphatic hydroxyl groups is 1. The lowest BCUT2D eigenvalue weighted by Crippen LogP contribution is -2.27. The first-order chi connectivity index (χ1) is 7.70. The Bertz CT molecular complexity index is 400. The molecule has 0 saturated carbocycles. The fourth-order valence-corrected chi connectivity index (χ4v) is 2.19. The van der Waals surface area contributed by atoms with Crippen molar-refractivity contribution in [3.8, 4) is 0 Å². The van der Waals surface area contributed by atoms with E-state index < -0.39 is 0 Å². The molecule has 1 aliphatic heterocycles. The van der Waals surface area contributed by atoms with Crippen LogP contribution >= 0.6 is 11.8 Å². The van der Waals surface area contributed by atoms with Crippen LogP contribution in [0.1, 0.15) is 11.1 Å². The smallest absolute Gasteiger partial charge is 0.289 e. The highest BCUT2D eigenvalue weighted by atomic mass is 32.2. The summed E-state index contributed by atoms with van der Waals surface area (Å²) < 4.78 is 0. The highest BCUT2D eigenvalue weighted by molar-refractivity contribution is 8.14. The number of thioether (sulfide) groups is 1. The van der Waals surface area contributed by atoms with Crippen LogP contribution in [0.2, 0.25) is 0 Å². The van der Waals surface area contributed by atoms with Gasteiger partial charge in [0.05, 0.1) is 18.9 Å². The van der Waals surface area contributed by atoms with Crippen LogP contribution in [-0.4, -0.2) is 26.9 Å². The van der Waals surface area contributed by atoms with Gasteiger partial charge in [-0.2, -0.15) is 0 Å². The minimum atomic E-state index is -0.184. The molecule has 0 spiro atoms. The van der Waals surface area contributed by atoms with Gasteiger partial charge < -0.3 is 5.11 Å². The maximum atomic E-state index is 11.4. The van der Waals surface area contributed by atoms with Crippen LogP contribution in [0.25, 0.3) is 0 Å². The summed E-state index contributed by atoms with van der Waals surface area (Å²) in [5.41, 5.74) is 1.71. The van der Waals surface area contributed by atoms with Crippen molar-refractivity contribution in [1.29, 1.82) is 0 Å². The molecule has 0 bridgehead atoms. The minimum absolute atomic E-state index is 0.00227. The third-order valence-electron chi connectivity index (χ3n) is 2.39. The molecule has 1 aromatic carbocycles. The molecule has 2 amide bonds. The highest BCUT2D eigenvalue weighted by Crippen LogP contribution is 2.21. The number of rotatable bonds is 3. The summed E-state index contributed by atoms with van der Waals surface area (Å²) in [6, 6.07) is 7.20. The Morgan fingerprint density at radius 3 is 2.31 bits per heavy atom. The summed E-state index contributed by atoms with van der Waals surface area (Å²) in [5, 5.41) is 8.69. The van der Waals surface area contributed by atoms with Gasteiger partial charge in [-0.3, -0.25) is 14.5 Å². The summed E-state index contributed by atoms with van der Waals surface area (Å²) in [7, 11) is 0. The molecule has 1 N–H and O–H groups in total. The lowest BCUT2D eigenvalue weighted by Gasteiger charge is -2.12. The van der Waals surface area contributed by atoms with E-state index in [1.807, 2.05) is 12.1 Å². The van der Waals surface area contributed by atoms with E-state index in [2.05, 4.69) is 0 Å². The molecule has 0 radical (unpaired) electrons. The van der Waals surface area contributed by atoms with Gasteiger partial charge in [0.2, 0.25) is 5.91 Å². The predicted octanol–water partition coefficient (Wildman–Crippen LogP) is 1.37. The first-order valence-electron chi connectivity index (χ1n) is 4.86. The Labute approximate surface area is 97.3 Å². The molecular formula is C11H11NO3S. The number of carbonyl (C=O) groups is 2. The maximum absolute atomic E-state index is 11.4. The molecule has 0 atom stereocenters. The van der Waals surface area contributed by atoms with Crippen LogP contribution in [0.15, 0.2) is 24.3 Å². The molecule has 0 aromatic heterocycles. The summed E-state index contributed by atoms with van der Waals surface area (Å²) in [5.74, 6) is 0.106. The summed E-state index contributed by atoms with van der Waals surface area (Å²) in [4.78, 5) is 23.9. The quantitative estimate of drug-likeness (QED) is 0.862. The van der Waals surface area contributed by atoms with Crippen LogP contribution in [0.3, 0.4) is 0 Å². The first-order valence-corrected chi connectivity index (χ1v) is 5.85. The van der Waals surface area contributed by atoms with E-state index in [1.54, 1.807) is 12.1 Å². The second-order valence-corrected chi connectivity index (χ2v) is 4.44. The Hall–Kier alpha value is -1.33. The average molecular weight is 237 g/mol. The van der Waals surface area contributed by atoms with E-state index in [1.165, 1.54) is 4.90 Å². The van der Waals surface area contributed by atoms with Crippen molar-refractivity contribution in [3.05, 3.63) is 35.4 Å². The molecule has 5 heteroatoms. The monoisotopic (exact) mass is 237 g/mol. The second kappa shape index (κ2) is 4.67. The fraction of sp³-hybridized carbons (Fsp3) is 0.273. The van der Waals surface area contributed by atoms with Gasteiger partial charge >= 0.3 is 0 Å². The van der Waals surface area contributed by atoms with Crippen molar-refractivity contribution in [1.82, 2.24) is 4.90 Å². The van der Waals surface area contributed by atoms with E-state index in [0.29, 0.717) is 6.54 Å².